The molecule has 0 amide bonds. The van der Waals surface area contributed by atoms with Gasteiger partial charge in [0.15, 0.2) is 16.1 Å². The van der Waals surface area contributed by atoms with E-state index in [1.807, 2.05) is 0 Å². The van der Waals surface area contributed by atoms with Crippen LogP contribution in [0.15, 0.2) is 29.2 Å². The van der Waals surface area contributed by atoms with Crippen LogP contribution < -0.4 is 5.73 Å². The number of hydrogen-bond acceptors (Lipinski definition) is 5. The third kappa shape index (κ3) is 1.91. The second-order valence-electron chi connectivity index (χ2n) is 4.00. The van der Waals surface area contributed by atoms with Crippen molar-refractivity contribution in [3.63, 3.8) is 0 Å². The smallest absolute Gasteiger partial charge is 0.175 e. The van der Waals surface area contributed by atoms with E-state index >= 15 is 0 Å². The van der Waals surface area contributed by atoms with E-state index in [2.05, 4.69) is 0 Å². The Morgan fingerprint density at radius 3 is 2.50 bits per heavy atom. The normalized spacial score (nSPS) is 11.6. The lowest BCUT2D eigenvalue weighted by Gasteiger charge is -2.08. The minimum atomic E-state index is -3.33. The van der Waals surface area contributed by atoms with Crippen molar-refractivity contribution in [1.82, 2.24) is 0 Å². The van der Waals surface area contributed by atoms with Gasteiger partial charge in [0.1, 0.15) is 5.75 Å². The maximum absolute atomic E-state index is 11.4. The maximum Gasteiger partial charge on any atom is 0.175 e. The van der Waals surface area contributed by atoms with Crippen molar-refractivity contribution < 1.29 is 18.3 Å². The molecule has 0 bridgehead atoms. The molecular formula is C12H11NO4S. The summed E-state index contributed by atoms with van der Waals surface area (Å²) in [4.78, 5) is 11.1. The zero-order chi connectivity index (χ0) is 13.5. The first-order valence-electron chi connectivity index (χ1n) is 5.05. The second kappa shape index (κ2) is 3.99. The van der Waals surface area contributed by atoms with E-state index in [1.165, 1.54) is 24.3 Å². The lowest BCUT2D eigenvalue weighted by Crippen LogP contribution is -1.98. The van der Waals surface area contributed by atoms with Gasteiger partial charge in [-0.1, -0.05) is 6.07 Å². The number of nitrogen functional groups attached to an aromatic ring is 1. The van der Waals surface area contributed by atoms with Gasteiger partial charge in [-0.25, -0.2) is 8.42 Å². The molecule has 0 saturated carbocycles. The Bertz CT molecular complexity index is 750. The standard InChI is InChI=1S/C12H11NO4S/c1-18(16,17)8-2-3-9-7(4-8)5-11(13)12(15)10(9)6-14/h2-6,15H,13H2,1H3. The van der Waals surface area contributed by atoms with Crippen LogP contribution in [0.3, 0.4) is 0 Å². The van der Waals surface area contributed by atoms with E-state index in [-0.39, 0.29) is 21.9 Å². The van der Waals surface area contributed by atoms with Crippen LogP contribution in [-0.4, -0.2) is 26.1 Å². The van der Waals surface area contributed by atoms with E-state index in [0.29, 0.717) is 17.1 Å². The van der Waals surface area contributed by atoms with E-state index in [0.717, 1.165) is 6.26 Å². The molecule has 0 aliphatic rings. The van der Waals surface area contributed by atoms with Gasteiger partial charge in [0, 0.05) is 6.26 Å². The van der Waals surface area contributed by atoms with E-state index in [1.54, 1.807) is 0 Å². The number of hydrogen-bond donors (Lipinski definition) is 2. The lowest BCUT2D eigenvalue weighted by atomic mass is 10.0. The molecule has 0 aliphatic heterocycles. The number of benzene rings is 2. The fourth-order valence-electron chi connectivity index (χ4n) is 1.77. The number of aldehydes is 1. The SMILES string of the molecule is CS(=O)(=O)c1ccc2c(C=O)c(O)c(N)cc2c1. The van der Waals surface area contributed by atoms with E-state index < -0.39 is 9.84 Å². The van der Waals surface area contributed by atoms with Crippen LogP contribution in [0.2, 0.25) is 0 Å². The lowest BCUT2D eigenvalue weighted by molar-refractivity contribution is 0.112. The summed E-state index contributed by atoms with van der Waals surface area (Å²) < 4.78 is 22.9. The molecule has 0 aliphatic carbocycles. The van der Waals surface area contributed by atoms with Crippen molar-refractivity contribution in [2.24, 2.45) is 0 Å². The summed E-state index contributed by atoms with van der Waals surface area (Å²) in [5.41, 5.74) is 5.66. The minimum absolute atomic E-state index is 0.0373. The molecule has 0 spiro atoms. The molecule has 2 rings (SSSR count). The Labute approximate surface area is 104 Å². The molecule has 0 radical (unpaired) electrons. The first-order valence-corrected chi connectivity index (χ1v) is 6.94. The average Bonchev–Trinajstić information content (AvgIpc) is 2.29. The van der Waals surface area contributed by atoms with Crippen LogP contribution in [0.5, 0.6) is 5.75 Å². The largest absolute Gasteiger partial charge is 0.505 e. The number of nitrogens with two attached hydrogens (primary N) is 1. The van der Waals surface area contributed by atoms with Crippen molar-refractivity contribution in [1.29, 1.82) is 0 Å². The molecule has 2 aromatic rings. The van der Waals surface area contributed by atoms with Crippen molar-refractivity contribution in [2.75, 3.05) is 12.0 Å². The van der Waals surface area contributed by atoms with Gasteiger partial charge in [0.25, 0.3) is 0 Å². The molecule has 2 aromatic carbocycles. The molecule has 0 fully saturated rings. The molecule has 3 N–H and O–H groups in total. The van der Waals surface area contributed by atoms with Gasteiger partial charge in [-0.05, 0) is 29.0 Å². The number of fused-ring (bicyclic) bond motifs is 1. The molecule has 5 nitrogen and oxygen atoms in total. The van der Waals surface area contributed by atoms with Gasteiger partial charge in [0.05, 0.1) is 16.1 Å². The van der Waals surface area contributed by atoms with Crippen molar-refractivity contribution in [3.05, 3.63) is 29.8 Å². The van der Waals surface area contributed by atoms with Gasteiger partial charge in [-0.15, -0.1) is 0 Å². The molecule has 94 valence electrons. The molecule has 18 heavy (non-hydrogen) atoms. The summed E-state index contributed by atoms with van der Waals surface area (Å²) in [6.07, 6.45) is 1.59. The van der Waals surface area contributed by atoms with E-state index in [9.17, 15) is 18.3 Å². The zero-order valence-electron chi connectivity index (χ0n) is 9.54. The predicted molar refractivity (Wildman–Crippen MR) is 68.5 cm³/mol. The van der Waals surface area contributed by atoms with Crippen molar-refractivity contribution in [3.8, 4) is 5.75 Å². The van der Waals surface area contributed by atoms with Gasteiger partial charge in [-0.2, -0.15) is 0 Å². The number of phenolic OH excluding ortho intramolecular Hbond substituents is 1. The number of aromatic hydroxyl groups is 1. The van der Waals surface area contributed by atoms with Crippen LogP contribution in [0.25, 0.3) is 10.8 Å². The quantitative estimate of drug-likeness (QED) is 0.485. The first-order chi connectivity index (χ1) is 8.34. The molecule has 0 saturated heterocycles. The van der Waals surface area contributed by atoms with Gasteiger partial charge < -0.3 is 10.8 Å². The number of sulfone groups is 1. The molecule has 0 heterocycles. The number of anilines is 1. The highest BCUT2D eigenvalue weighted by Crippen LogP contribution is 2.32. The zero-order valence-corrected chi connectivity index (χ0v) is 10.4. The highest BCUT2D eigenvalue weighted by Gasteiger charge is 2.13. The summed E-state index contributed by atoms with van der Waals surface area (Å²) in [5, 5.41) is 10.6. The Balaban J connectivity index is 2.89. The molecule has 0 unspecified atom stereocenters. The molecule has 0 atom stereocenters. The minimum Gasteiger partial charge on any atom is -0.505 e. The van der Waals surface area contributed by atoms with Crippen LogP contribution in [0.4, 0.5) is 5.69 Å². The van der Waals surface area contributed by atoms with Gasteiger partial charge in [-0.3, -0.25) is 4.79 Å². The summed E-state index contributed by atoms with van der Waals surface area (Å²) in [7, 11) is -3.33. The summed E-state index contributed by atoms with van der Waals surface area (Å²) in [6, 6.07) is 5.73. The second-order valence-corrected chi connectivity index (χ2v) is 6.02. The summed E-state index contributed by atoms with van der Waals surface area (Å²) >= 11 is 0. The summed E-state index contributed by atoms with van der Waals surface area (Å²) in [5.74, 6) is -0.287. The third-order valence-corrected chi connectivity index (χ3v) is 3.81. The Kier molecular flexibility index (Phi) is 2.74. The van der Waals surface area contributed by atoms with E-state index in [4.69, 9.17) is 5.73 Å². The van der Waals surface area contributed by atoms with Crippen LogP contribution in [0.1, 0.15) is 10.4 Å². The van der Waals surface area contributed by atoms with Crippen LogP contribution in [-0.2, 0) is 9.84 Å². The summed E-state index contributed by atoms with van der Waals surface area (Å²) in [6.45, 7) is 0. The Hall–Kier alpha value is -2.08. The average molecular weight is 265 g/mol. The van der Waals surface area contributed by atoms with Crippen LogP contribution >= 0.6 is 0 Å². The van der Waals surface area contributed by atoms with Gasteiger partial charge in [0.2, 0.25) is 0 Å². The molecule has 0 aromatic heterocycles. The topological polar surface area (TPSA) is 97.5 Å². The highest BCUT2D eigenvalue weighted by atomic mass is 32.2. The molecule has 6 heteroatoms. The Morgan fingerprint density at radius 1 is 1.28 bits per heavy atom. The first kappa shape index (κ1) is 12.4. The third-order valence-electron chi connectivity index (χ3n) is 2.70. The monoisotopic (exact) mass is 265 g/mol. The number of carbonyl (C=O) groups is 1. The predicted octanol–water partition coefficient (Wildman–Crippen LogP) is 1.34. The Morgan fingerprint density at radius 2 is 1.94 bits per heavy atom. The number of carbonyl (C=O) groups excluding carboxylic acids is 1. The van der Waals surface area contributed by atoms with Crippen LogP contribution in [0, 0.1) is 0 Å². The maximum atomic E-state index is 11.4. The van der Waals surface area contributed by atoms with Gasteiger partial charge >= 0.3 is 0 Å². The fraction of sp³-hybridized carbons (Fsp3) is 0.0833. The number of phenols is 1. The number of rotatable bonds is 2. The fourth-order valence-corrected chi connectivity index (χ4v) is 2.43. The van der Waals surface area contributed by atoms with Crippen molar-refractivity contribution >= 4 is 32.6 Å². The highest BCUT2D eigenvalue weighted by molar-refractivity contribution is 7.90. The molecular weight excluding hydrogens is 254 g/mol. The van der Waals surface area contributed by atoms with Crippen molar-refractivity contribution in [2.45, 2.75) is 4.90 Å².